The number of hydrogen-bond donors (Lipinski definition) is 2. The Balaban J connectivity index is 1.59. The maximum Gasteiger partial charge on any atom is 0.414 e. The highest BCUT2D eigenvalue weighted by atomic mass is 16.6. The van der Waals surface area contributed by atoms with Crippen LogP contribution >= 0.6 is 0 Å². The predicted molar refractivity (Wildman–Crippen MR) is 94.6 cm³/mol. The maximum absolute atomic E-state index is 12.0. The second-order valence-electron chi connectivity index (χ2n) is 6.33. The number of rotatable bonds is 4. The lowest BCUT2D eigenvalue weighted by Crippen LogP contribution is -2.48. The van der Waals surface area contributed by atoms with Gasteiger partial charge in [0, 0.05) is 44.5 Å². The molecule has 1 aromatic rings. The first-order valence-corrected chi connectivity index (χ1v) is 8.49. The summed E-state index contributed by atoms with van der Waals surface area (Å²) in [5.74, 6) is -0.160. The molecule has 2 N–H and O–H groups in total. The molecule has 2 fully saturated rings. The summed E-state index contributed by atoms with van der Waals surface area (Å²) in [6, 6.07) is 7.53. The molecule has 0 saturated carbocycles. The summed E-state index contributed by atoms with van der Waals surface area (Å²) in [5, 5.41) is 11.7. The first-order valence-electron chi connectivity index (χ1n) is 8.49. The smallest absolute Gasteiger partial charge is 0.414 e. The Hall–Kier alpha value is -2.97. The molecular weight excluding hydrogens is 340 g/mol. The van der Waals surface area contributed by atoms with Crippen LogP contribution in [0.1, 0.15) is 6.92 Å². The van der Waals surface area contributed by atoms with Crippen LogP contribution in [0.4, 0.5) is 21.0 Å². The molecule has 0 bridgehead atoms. The Labute approximate surface area is 151 Å². The van der Waals surface area contributed by atoms with Crippen molar-refractivity contribution in [2.45, 2.75) is 13.0 Å². The van der Waals surface area contributed by atoms with Gasteiger partial charge >= 0.3 is 12.2 Å². The molecule has 0 spiro atoms. The van der Waals surface area contributed by atoms with E-state index in [2.05, 4.69) is 10.2 Å². The quantitative estimate of drug-likeness (QED) is 0.827. The number of nitrogens with one attached hydrogen (secondary N) is 1. The molecule has 1 atom stereocenters. The van der Waals surface area contributed by atoms with Crippen LogP contribution in [0, 0.1) is 0 Å². The van der Waals surface area contributed by atoms with Crippen LogP contribution < -0.4 is 15.1 Å². The van der Waals surface area contributed by atoms with E-state index < -0.39 is 12.2 Å². The molecule has 140 valence electrons. The van der Waals surface area contributed by atoms with Crippen LogP contribution in [0.2, 0.25) is 0 Å². The third kappa shape index (κ3) is 3.98. The van der Waals surface area contributed by atoms with Gasteiger partial charge < -0.3 is 25.0 Å². The topological polar surface area (TPSA) is 102 Å². The molecule has 0 aromatic heterocycles. The number of hydrogen-bond acceptors (Lipinski definition) is 5. The fourth-order valence-corrected chi connectivity index (χ4v) is 3.10. The molecule has 0 radical (unpaired) electrons. The Kier molecular flexibility index (Phi) is 5.15. The van der Waals surface area contributed by atoms with Crippen molar-refractivity contribution in [2.75, 3.05) is 49.1 Å². The van der Waals surface area contributed by atoms with Crippen molar-refractivity contribution in [1.29, 1.82) is 0 Å². The van der Waals surface area contributed by atoms with Crippen LogP contribution in [-0.2, 0) is 9.53 Å². The van der Waals surface area contributed by atoms with E-state index in [-0.39, 0.29) is 12.0 Å². The van der Waals surface area contributed by atoms with Gasteiger partial charge in [-0.15, -0.1) is 0 Å². The third-order valence-electron chi connectivity index (χ3n) is 4.53. The minimum atomic E-state index is -0.888. The third-order valence-corrected chi connectivity index (χ3v) is 4.53. The van der Waals surface area contributed by atoms with Gasteiger partial charge in [-0.1, -0.05) is 0 Å². The number of cyclic esters (lactones) is 1. The SMILES string of the molecule is CC(=O)NCC1CN(c2ccc(N3CCN(C(=O)O)CC3)cc2)C(=O)O1. The van der Waals surface area contributed by atoms with Gasteiger partial charge in [-0.05, 0) is 24.3 Å². The lowest BCUT2D eigenvalue weighted by Gasteiger charge is -2.34. The van der Waals surface area contributed by atoms with E-state index in [9.17, 15) is 14.4 Å². The van der Waals surface area contributed by atoms with Crippen LogP contribution in [0.3, 0.4) is 0 Å². The van der Waals surface area contributed by atoms with E-state index in [1.54, 1.807) is 4.90 Å². The minimum Gasteiger partial charge on any atom is -0.465 e. The summed E-state index contributed by atoms with van der Waals surface area (Å²) in [6.45, 7) is 4.32. The summed E-state index contributed by atoms with van der Waals surface area (Å²) in [7, 11) is 0. The summed E-state index contributed by atoms with van der Waals surface area (Å²) >= 11 is 0. The number of piperazine rings is 1. The van der Waals surface area contributed by atoms with Crippen molar-refractivity contribution < 1.29 is 24.2 Å². The number of carboxylic acid groups (broad SMARTS) is 1. The fourth-order valence-electron chi connectivity index (χ4n) is 3.10. The van der Waals surface area contributed by atoms with Gasteiger partial charge in [0.05, 0.1) is 13.1 Å². The van der Waals surface area contributed by atoms with E-state index >= 15 is 0 Å². The fraction of sp³-hybridized carbons (Fsp3) is 0.471. The second kappa shape index (κ2) is 7.51. The zero-order chi connectivity index (χ0) is 18.7. The van der Waals surface area contributed by atoms with E-state index in [1.807, 2.05) is 24.3 Å². The molecule has 1 unspecified atom stereocenters. The van der Waals surface area contributed by atoms with E-state index in [0.29, 0.717) is 39.3 Å². The minimum absolute atomic E-state index is 0.160. The highest BCUT2D eigenvalue weighted by Gasteiger charge is 2.32. The van der Waals surface area contributed by atoms with Crippen molar-refractivity contribution in [1.82, 2.24) is 10.2 Å². The van der Waals surface area contributed by atoms with Crippen molar-refractivity contribution in [3.05, 3.63) is 24.3 Å². The van der Waals surface area contributed by atoms with Crippen molar-refractivity contribution in [2.24, 2.45) is 0 Å². The lowest BCUT2D eigenvalue weighted by atomic mass is 10.2. The number of ether oxygens (including phenoxy) is 1. The molecule has 2 heterocycles. The van der Waals surface area contributed by atoms with Gasteiger partial charge in [-0.2, -0.15) is 0 Å². The number of nitrogens with zero attached hydrogens (tertiary/aromatic N) is 3. The lowest BCUT2D eigenvalue weighted by molar-refractivity contribution is -0.119. The zero-order valence-electron chi connectivity index (χ0n) is 14.6. The van der Waals surface area contributed by atoms with Gasteiger partial charge in [0.2, 0.25) is 5.91 Å². The van der Waals surface area contributed by atoms with E-state index in [1.165, 1.54) is 11.8 Å². The molecule has 3 rings (SSSR count). The van der Waals surface area contributed by atoms with Gasteiger partial charge in [-0.25, -0.2) is 9.59 Å². The summed E-state index contributed by atoms with van der Waals surface area (Å²) in [5.41, 5.74) is 1.72. The van der Waals surface area contributed by atoms with Crippen LogP contribution in [0.5, 0.6) is 0 Å². The standard InChI is InChI=1S/C17H22N4O5/c1-12(22)18-10-15-11-21(17(25)26-15)14-4-2-13(3-5-14)19-6-8-20(9-7-19)16(23)24/h2-5,15H,6-11H2,1H3,(H,18,22)(H,23,24). The van der Waals surface area contributed by atoms with Gasteiger partial charge in [0.25, 0.3) is 0 Å². The monoisotopic (exact) mass is 362 g/mol. The number of benzene rings is 1. The Morgan fingerprint density at radius 3 is 2.35 bits per heavy atom. The highest BCUT2D eigenvalue weighted by molar-refractivity contribution is 5.90. The Morgan fingerprint density at radius 2 is 1.77 bits per heavy atom. The zero-order valence-corrected chi connectivity index (χ0v) is 14.6. The summed E-state index contributed by atoms with van der Waals surface area (Å²) < 4.78 is 5.26. The first-order chi connectivity index (χ1) is 12.4. The number of anilines is 2. The molecule has 9 nitrogen and oxygen atoms in total. The largest absolute Gasteiger partial charge is 0.465 e. The van der Waals surface area contributed by atoms with Crippen LogP contribution in [0.25, 0.3) is 0 Å². The molecule has 2 aliphatic heterocycles. The Bertz CT molecular complexity index is 685. The Morgan fingerprint density at radius 1 is 1.15 bits per heavy atom. The molecule has 2 aliphatic rings. The molecule has 2 saturated heterocycles. The van der Waals surface area contributed by atoms with Crippen LogP contribution in [0.15, 0.2) is 24.3 Å². The van der Waals surface area contributed by atoms with Gasteiger partial charge in [0.15, 0.2) is 0 Å². The highest BCUT2D eigenvalue weighted by Crippen LogP contribution is 2.25. The van der Waals surface area contributed by atoms with Gasteiger partial charge in [0.1, 0.15) is 6.10 Å². The number of carbonyl (C=O) groups excluding carboxylic acids is 2. The normalized spacial score (nSPS) is 20.1. The van der Waals surface area contributed by atoms with Crippen molar-refractivity contribution in [3.8, 4) is 0 Å². The first kappa shape index (κ1) is 17.8. The van der Waals surface area contributed by atoms with Crippen molar-refractivity contribution >= 4 is 29.5 Å². The molecule has 26 heavy (non-hydrogen) atoms. The van der Waals surface area contributed by atoms with Crippen LogP contribution in [-0.4, -0.2) is 73.5 Å². The molecular formula is C17H22N4O5. The summed E-state index contributed by atoms with van der Waals surface area (Å²) in [6.07, 6.45) is -1.68. The number of carbonyl (C=O) groups is 3. The second-order valence-corrected chi connectivity index (χ2v) is 6.33. The van der Waals surface area contributed by atoms with E-state index in [4.69, 9.17) is 9.84 Å². The predicted octanol–water partition coefficient (Wildman–Crippen LogP) is 0.948. The van der Waals surface area contributed by atoms with E-state index in [0.717, 1.165) is 11.4 Å². The maximum atomic E-state index is 12.0. The summed E-state index contributed by atoms with van der Waals surface area (Å²) in [4.78, 5) is 39.0. The average molecular weight is 362 g/mol. The average Bonchev–Trinajstić information content (AvgIpc) is 3.01. The van der Waals surface area contributed by atoms with Crippen molar-refractivity contribution in [3.63, 3.8) is 0 Å². The van der Waals surface area contributed by atoms with Gasteiger partial charge in [-0.3, -0.25) is 9.69 Å². The molecule has 9 heteroatoms. The molecule has 1 aromatic carbocycles. The molecule has 3 amide bonds. The molecule has 0 aliphatic carbocycles. The number of amides is 3.